The lowest BCUT2D eigenvalue weighted by atomic mass is 10.1. The summed E-state index contributed by atoms with van der Waals surface area (Å²) < 4.78 is 5.81. The number of carbonyl (C=O) groups excluding carboxylic acids is 1. The Bertz CT molecular complexity index is 619. The highest BCUT2D eigenvalue weighted by molar-refractivity contribution is 6.78. The topological polar surface area (TPSA) is 29.5 Å². The third-order valence-electron chi connectivity index (χ3n) is 4.28. The van der Waals surface area contributed by atoms with Crippen molar-refractivity contribution < 1.29 is 9.53 Å². The SMILES string of the molecule is C/C=C/C(=C/[C@@H](c1ccccc1)[Si](C)(C)C)OC(=O)N(C(C)C)C(C)C. The van der Waals surface area contributed by atoms with E-state index in [0.29, 0.717) is 5.76 Å². The molecule has 0 aliphatic rings. The Morgan fingerprint density at radius 1 is 1.04 bits per heavy atom. The molecule has 1 amide bonds. The first-order valence-corrected chi connectivity index (χ1v) is 13.0. The molecular formula is C22H35NO2Si. The zero-order chi connectivity index (χ0) is 19.9. The molecule has 1 rings (SSSR count). The standard InChI is InChI=1S/C22H35NO2Si/c1-9-13-20(25-22(24)23(17(2)3)18(4)5)16-21(26(6,7)8)19-14-11-10-12-15-19/h9-18,21H,1-8H3/b13-9+,20-16-/t21-/m0/s1. The highest BCUT2D eigenvalue weighted by Crippen LogP contribution is 2.30. The van der Waals surface area contributed by atoms with E-state index >= 15 is 0 Å². The Hall–Kier alpha value is -1.81. The van der Waals surface area contributed by atoms with Crippen LogP contribution in [0.5, 0.6) is 0 Å². The van der Waals surface area contributed by atoms with E-state index in [1.807, 2.05) is 52.8 Å². The van der Waals surface area contributed by atoms with E-state index in [2.05, 4.69) is 50.0 Å². The normalized spacial score (nSPS) is 14.2. The number of hydrogen-bond donors (Lipinski definition) is 0. The van der Waals surface area contributed by atoms with Gasteiger partial charge in [-0.2, -0.15) is 0 Å². The first kappa shape index (κ1) is 22.2. The third-order valence-corrected chi connectivity index (χ3v) is 6.65. The van der Waals surface area contributed by atoms with Gasteiger partial charge in [0, 0.05) is 17.6 Å². The van der Waals surface area contributed by atoms with Crippen LogP contribution in [-0.4, -0.2) is 31.2 Å². The van der Waals surface area contributed by atoms with Crippen LogP contribution in [0.2, 0.25) is 19.6 Å². The van der Waals surface area contributed by atoms with Crippen molar-refractivity contribution in [3.8, 4) is 0 Å². The van der Waals surface area contributed by atoms with Gasteiger partial charge in [-0.1, -0.05) is 56.0 Å². The summed E-state index contributed by atoms with van der Waals surface area (Å²) in [6, 6.07) is 10.7. The quantitative estimate of drug-likeness (QED) is 0.316. The van der Waals surface area contributed by atoms with E-state index in [-0.39, 0.29) is 23.7 Å². The second-order valence-electron chi connectivity index (χ2n) is 8.29. The third kappa shape index (κ3) is 6.49. The van der Waals surface area contributed by atoms with Gasteiger partial charge in [0.05, 0.1) is 8.07 Å². The Kier molecular flexibility index (Phi) is 8.35. The van der Waals surface area contributed by atoms with Gasteiger partial charge in [-0.05, 0) is 52.3 Å². The van der Waals surface area contributed by atoms with Gasteiger partial charge in [-0.3, -0.25) is 0 Å². The van der Waals surface area contributed by atoms with Gasteiger partial charge in [0.2, 0.25) is 0 Å². The molecule has 26 heavy (non-hydrogen) atoms. The summed E-state index contributed by atoms with van der Waals surface area (Å²) in [5, 5.41) is 0. The molecule has 0 aliphatic carbocycles. The number of hydrogen-bond acceptors (Lipinski definition) is 2. The van der Waals surface area contributed by atoms with Gasteiger partial charge in [0.15, 0.2) is 0 Å². The maximum absolute atomic E-state index is 12.7. The van der Waals surface area contributed by atoms with Crippen molar-refractivity contribution in [1.82, 2.24) is 4.90 Å². The molecule has 0 fully saturated rings. The molecule has 0 unspecified atom stereocenters. The van der Waals surface area contributed by atoms with Gasteiger partial charge < -0.3 is 9.64 Å². The smallest absolute Gasteiger partial charge is 0.411 e. The molecular weight excluding hydrogens is 338 g/mol. The number of allylic oxidation sites excluding steroid dienone is 3. The molecule has 0 bridgehead atoms. The molecule has 0 aromatic heterocycles. The minimum atomic E-state index is -1.56. The zero-order valence-electron chi connectivity index (χ0n) is 17.6. The molecule has 4 heteroatoms. The van der Waals surface area contributed by atoms with Crippen LogP contribution < -0.4 is 0 Å². The predicted molar refractivity (Wildman–Crippen MR) is 114 cm³/mol. The molecule has 1 aromatic rings. The Morgan fingerprint density at radius 3 is 2.00 bits per heavy atom. The predicted octanol–water partition coefficient (Wildman–Crippen LogP) is 6.36. The Morgan fingerprint density at radius 2 is 1.58 bits per heavy atom. The molecule has 0 saturated heterocycles. The molecule has 144 valence electrons. The van der Waals surface area contributed by atoms with Crippen LogP contribution in [0.4, 0.5) is 4.79 Å². The largest absolute Gasteiger partial charge is 0.415 e. The van der Waals surface area contributed by atoms with Crippen LogP contribution in [0.15, 0.2) is 54.3 Å². The number of benzene rings is 1. The first-order valence-electron chi connectivity index (χ1n) is 9.47. The van der Waals surface area contributed by atoms with Crippen LogP contribution in [0.1, 0.15) is 45.7 Å². The highest BCUT2D eigenvalue weighted by Gasteiger charge is 2.28. The van der Waals surface area contributed by atoms with Crippen molar-refractivity contribution in [2.75, 3.05) is 0 Å². The van der Waals surface area contributed by atoms with Gasteiger partial charge in [-0.15, -0.1) is 0 Å². The van der Waals surface area contributed by atoms with Crippen molar-refractivity contribution in [1.29, 1.82) is 0 Å². The summed E-state index contributed by atoms with van der Waals surface area (Å²) >= 11 is 0. The number of nitrogens with zero attached hydrogens (tertiary/aromatic N) is 1. The highest BCUT2D eigenvalue weighted by atomic mass is 28.3. The van der Waals surface area contributed by atoms with E-state index in [1.165, 1.54) is 5.56 Å². The molecule has 1 aromatic carbocycles. The molecule has 0 spiro atoms. The summed E-state index contributed by atoms with van der Waals surface area (Å²) in [4.78, 5) is 14.5. The maximum atomic E-state index is 12.7. The summed E-state index contributed by atoms with van der Waals surface area (Å²) in [6.07, 6.45) is 5.63. The second kappa shape index (κ2) is 9.77. The summed E-state index contributed by atoms with van der Waals surface area (Å²) in [6.45, 7) is 17.0. The lowest BCUT2D eigenvalue weighted by Crippen LogP contribution is -2.42. The van der Waals surface area contributed by atoms with Crippen molar-refractivity contribution in [3.63, 3.8) is 0 Å². The van der Waals surface area contributed by atoms with Gasteiger partial charge in [-0.25, -0.2) is 4.79 Å². The van der Waals surface area contributed by atoms with Crippen molar-refractivity contribution in [3.05, 3.63) is 59.9 Å². The summed E-state index contributed by atoms with van der Waals surface area (Å²) in [5.41, 5.74) is 1.54. The van der Waals surface area contributed by atoms with Gasteiger partial charge in [0.25, 0.3) is 0 Å². The molecule has 0 aliphatic heterocycles. The lowest BCUT2D eigenvalue weighted by Gasteiger charge is -2.31. The van der Waals surface area contributed by atoms with Crippen LogP contribution in [0.3, 0.4) is 0 Å². The van der Waals surface area contributed by atoms with E-state index in [1.54, 1.807) is 4.90 Å². The summed E-state index contributed by atoms with van der Waals surface area (Å²) in [5.74, 6) is 0.625. The van der Waals surface area contributed by atoms with Crippen LogP contribution in [0, 0.1) is 0 Å². The molecule has 3 nitrogen and oxygen atoms in total. The maximum Gasteiger partial charge on any atom is 0.415 e. The van der Waals surface area contributed by atoms with Crippen molar-refractivity contribution >= 4 is 14.2 Å². The lowest BCUT2D eigenvalue weighted by molar-refractivity contribution is 0.104. The van der Waals surface area contributed by atoms with Crippen LogP contribution in [0.25, 0.3) is 0 Å². The minimum absolute atomic E-state index is 0.0938. The number of rotatable bonds is 7. The molecule has 1 atom stereocenters. The Labute approximate surface area is 160 Å². The number of ether oxygens (including phenoxy) is 1. The van der Waals surface area contributed by atoms with Gasteiger partial charge in [0.1, 0.15) is 5.76 Å². The second-order valence-corrected chi connectivity index (χ2v) is 13.6. The van der Waals surface area contributed by atoms with E-state index < -0.39 is 8.07 Å². The number of carbonyl (C=O) groups is 1. The molecule has 0 heterocycles. The molecule has 0 N–H and O–H groups in total. The van der Waals surface area contributed by atoms with Crippen molar-refractivity contribution in [2.45, 2.75) is 71.9 Å². The average Bonchev–Trinajstić information content (AvgIpc) is 2.51. The van der Waals surface area contributed by atoms with E-state index in [9.17, 15) is 4.79 Å². The summed E-state index contributed by atoms with van der Waals surface area (Å²) in [7, 11) is -1.56. The fraction of sp³-hybridized carbons (Fsp3) is 0.500. The van der Waals surface area contributed by atoms with E-state index in [4.69, 9.17) is 4.74 Å². The van der Waals surface area contributed by atoms with Gasteiger partial charge >= 0.3 is 6.09 Å². The zero-order valence-corrected chi connectivity index (χ0v) is 18.6. The van der Waals surface area contributed by atoms with Crippen LogP contribution >= 0.6 is 0 Å². The fourth-order valence-electron chi connectivity index (χ4n) is 3.13. The van der Waals surface area contributed by atoms with Crippen LogP contribution in [-0.2, 0) is 4.74 Å². The first-order chi connectivity index (χ1) is 12.1. The fourth-order valence-corrected chi connectivity index (χ4v) is 4.99. The van der Waals surface area contributed by atoms with E-state index in [0.717, 1.165) is 0 Å². The molecule has 0 saturated carbocycles. The molecule has 0 radical (unpaired) electrons. The Balaban J connectivity index is 3.22. The average molecular weight is 374 g/mol. The minimum Gasteiger partial charge on any atom is -0.411 e. The monoisotopic (exact) mass is 373 g/mol. The number of amides is 1. The van der Waals surface area contributed by atoms with Crippen molar-refractivity contribution in [2.24, 2.45) is 0 Å².